The first-order valence-corrected chi connectivity index (χ1v) is 11.1. The fourth-order valence-corrected chi connectivity index (χ4v) is 5.30. The highest BCUT2D eigenvalue weighted by atomic mass is 79.9. The van der Waals surface area contributed by atoms with Crippen LogP contribution in [0.15, 0.2) is 16.9 Å². The Bertz CT molecular complexity index is 624. The van der Waals surface area contributed by atoms with Crippen LogP contribution < -0.4 is 4.74 Å². The van der Waals surface area contributed by atoms with Crippen molar-refractivity contribution in [1.29, 1.82) is 0 Å². The predicted molar refractivity (Wildman–Crippen MR) is 95.8 cm³/mol. The van der Waals surface area contributed by atoms with Crippen LogP contribution in [0, 0.1) is 11.8 Å². The molecule has 6 nitrogen and oxygen atoms in total. The number of hydrogen-bond acceptors (Lipinski definition) is 6. The van der Waals surface area contributed by atoms with Crippen LogP contribution in [0.25, 0.3) is 0 Å². The topological polar surface area (TPSA) is 72.4 Å². The van der Waals surface area contributed by atoms with Crippen LogP contribution in [0.5, 0.6) is 6.01 Å². The molecule has 3 rings (SSSR count). The van der Waals surface area contributed by atoms with Crippen molar-refractivity contribution in [1.82, 2.24) is 14.9 Å². The Hall–Kier alpha value is -0.730. The van der Waals surface area contributed by atoms with E-state index in [-0.39, 0.29) is 0 Å². The van der Waals surface area contributed by atoms with E-state index in [4.69, 9.17) is 4.74 Å². The second-order valence-electron chi connectivity index (χ2n) is 6.86. The summed E-state index contributed by atoms with van der Waals surface area (Å²) in [5.41, 5.74) is 0. The van der Waals surface area contributed by atoms with Gasteiger partial charge in [-0.15, -0.1) is 0 Å². The van der Waals surface area contributed by atoms with E-state index in [1.54, 1.807) is 12.4 Å². The van der Waals surface area contributed by atoms with Crippen LogP contribution in [0.4, 0.5) is 0 Å². The number of rotatable bonds is 5. The first kappa shape index (κ1) is 18.1. The highest BCUT2D eigenvalue weighted by molar-refractivity contribution is 9.10. The second kappa shape index (κ2) is 8.10. The standard InChI is InChI=1S/C16H24BrN3O3S/c17-15-8-18-16(19-9-15)23-12-14-2-1-5-20(11-14)10-13-3-6-24(21,22)7-4-13/h8-9,13-14H,1-7,10-12H2. The molecule has 134 valence electrons. The Morgan fingerprint density at radius 1 is 1.17 bits per heavy atom. The van der Waals surface area contributed by atoms with Gasteiger partial charge < -0.3 is 9.64 Å². The van der Waals surface area contributed by atoms with Gasteiger partial charge in [-0.05, 0) is 54.1 Å². The van der Waals surface area contributed by atoms with Crippen molar-refractivity contribution in [3.63, 3.8) is 0 Å². The molecule has 2 aliphatic rings. The SMILES string of the molecule is O=S1(=O)CCC(CN2CCCC(COc3ncc(Br)cn3)C2)CC1. The Labute approximate surface area is 152 Å². The van der Waals surface area contributed by atoms with E-state index in [1.165, 1.54) is 6.42 Å². The lowest BCUT2D eigenvalue weighted by atomic mass is 9.96. The third kappa shape index (κ3) is 5.39. The summed E-state index contributed by atoms with van der Waals surface area (Å²) < 4.78 is 29.6. The van der Waals surface area contributed by atoms with E-state index < -0.39 is 9.84 Å². The van der Waals surface area contributed by atoms with Crippen molar-refractivity contribution in [3.8, 4) is 6.01 Å². The molecule has 3 heterocycles. The molecule has 0 spiro atoms. The summed E-state index contributed by atoms with van der Waals surface area (Å²) >= 11 is 3.31. The van der Waals surface area contributed by atoms with Gasteiger partial charge >= 0.3 is 6.01 Å². The molecule has 2 fully saturated rings. The van der Waals surface area contributed by atoms with Gasteiger partial charge in [0.2, 0.25) is 0 Å². The molecule has 0 radical (unpaired) electrons. The largest absolute Gasteiger partial charge is 0.463 e. The first-order valence-electron chi connectivity index (χ1n) is 8.53. The summed E-state index contributed by atoms with van der Waals surface area (Å²) in [6.07, 6.45) is 7.32. The highest BCUT2D eigenvalue weighted by Crippen LogP contribution is 2.23. The lowest BCUT2D eigenvalue weighted by Crippen LogP contribution is -2.41. The number of ether oxygens (including phenoxy) is 1. The van der Waals surface area contributed by atoms with Gasteiger partial charge in [0.25, 0.3) is 0 Å². The Balaban J connectivity index is 1.43. The van der Waals surface area contributed by atoms with Gasteiger partial charge in [0.05, 0.1) is 22.6 Å². The number of sulfone groups is 1. The number of likely N-dealkylation sites (tertiary alicyclic amines) is 1. The van der Waals surface area contributed by atoms with Gasteiger partial charge in [-0.1, -0.05) is 0 Å². The van der Waals surface area contributed by atoms with Crippen LogP contribution in [0.2, 0.25) is 0 Å². The third-order valence-electron chi connectivity index (χ3n) is 4.84. The minimum Gasteiger partial charge on any atom is -0.463 e. The zero-order chi connectivity index (χ0) is 17.0. The van der Waals surface area contributed by atoms with Crippen LogP contribution in [0.1, 0.15) is 25.7 Å². The van der Waals surface area contributed by atoms with Crippen molar-refractivity contribution in [2.45, 2.75) is 25.7 Å². The minimum absolute atomic E-state index is 0.360. The fourth-order valence-electron chi connectivity index (χ4n) is 3.51. The summed E-state index contributed by atoms with van der Waals surface area (Å²) in [6.45, 7) is 3.77. The molecule has 2 saturated heterocycles. The molecule has 2 aliphatic heterocycles. The summed E-state index contributed by atoms with van der Waals surface area (Å²) in [6, 6.07) is 0.424. The molecule has 0 amide bonds. The molecule has 0 aliphatic carbocycles. The molecule has 1 aromatic heterocycles. The van der Waals surface area contributed by atoms with Crippen molar-refractivity contribution in [2.24, 2.45) is 11.8 Å². The summed E-state index contributed by atoms with van der Waals surface area (Å²) in [5.74, 6) is 1.72. The molecular formula is C16H24BrN3O3S. The van der Waals surface area contributed by atoms with Crippen LogP contribution >= 0.6 is 15.9 Å². The van der Waals surface area contributed by atoms with E-state index in [9.17, 15) is 8.42 Å². The smallest absolute Gasteiger partial charge is 0.316 e. The van der Waals surface area contributed by atoms with Gasteiger partial charge in [-0.25, -0.2) is 18.4 Å². The average molecular weight is 418 g/mol. The summed E-state index contributed by atoms with van der Waals surface area (Å²) in [5, 5.41) is 0. The maximum atomic E-state index is 11.5. The van der Waals surface area contributed by atoms with Gasteiger partial charge in [-0.2, -0.15) is 0 Å². The first-order chi connectivity index (χ1) is 11.5. The molecule has 1 atom stereocenters. The van der Waals surface area contributed by atoms with Crippen LogP contribution in [0.3, 0.4) is 0 Å². The molecule has 0 N–H and O–H groups in total. The van der Waals surface area contributed by atoms with Crippen molar-refractivity contribution in [2.75, 3.05) is 37.7 Å². The molecule has 0 saturated carbocycles. The van der Waals surface area contributed by atoms with Crippen LogP contribution in [-0.4, -0.2) is 61.0 Å². The zero-order valence-corrected chi connectivity index (χ0v) is 16.1. The normalized spacial score (nSPS) is 25.5. The molecular weight excluding hydrogens is 394 g/mol. The number of halogens is 1. The monoisotopic (exact) mass is 417 g/mol. The van der Waals surface area contributed by atoms with Crippen molar-refractivity contribution >= 4 is 25.8 Å². The van der Waals surface area contributed by atoms with E-state index in [0.717, 1.165) is 43.4 Å². The quantitative estimate of drug-likeness (QED) is 0.730. The lowest BCUT2D eigenvalue weighted by molar-refractivity contribution is 0.110. The van der Waals surface area contributed by atoms with E-state index in [1.807, 2.05) is 0 Å². The Kier molecular flexibility index (Phi) is 6.10. The third-order valence-corrected chi connectivity index (χ3v) is 6.96. The number of aromatic nitrogens is 2. The molecule has 1 unspecified atom stereocenters. The predicted octanol–water partition coefficient (Wildman–Crippen LogP) is 2.15. The minimum atomic E-state index is -2.77. The van der Waals surface area contributed by atoms with Gasteiger partial charge in [0, 0.05) is 31.4 Å². The lowest BCUT2D eigenvalue weighted by Gasteiger charge is -2.35. The Morgan fingerprint density at radius 2 is 1.88 bits per heavy atom. The molecule has 1 aromatic rings. The Morgan fingerprint density at radius 3 is 2.58 bits per heavy atom. The van der Waals surface area contributed by atoms with Gasteiger partial charge in [0.1, 0.15) is 9.84 Å². The maximum Gasteiger partial charge on any atom is 0.316 e. The van der Waals surface area contributed by atoms with Crippen LogP contribution in [-0.2, 0) is 9.84 Å². The van der Waals surface area contributed by atoms with Gasteiger partial charge in [-0.3, -0.25) is 0 Å². The summed E-state index contributed by atoms with van der Waals surface area (Å²) in [7, 11) is -2.77. The zero-order valence-electron chi connectivity index (χ0n) is 13.7. The summed E-state index contributed by atoms with van der Waals surface area (Å²) in [4.78, 5) is 10.8. The van der Waals surface area contributed by atoms with Gasteiger partial charge in [0.15, 0.2) is 0 Å². The maximum absolute atomic E-state index is 11.5. The highest BCUT2D eigenvalue weighted by Gasteiger charge is 2.27. The second-order valence-corrected chi connectivity index (χ2v) is 10.1. The number of nitrogens with zero attached hydrogens (tertiary/aromatic N) is 3. The molecule has 24 heavy (non-hydrogen) atoms. The molecule has 0 aromatic carbocycles. The molecule has 0 bridgehead atoms. The van der Waals surface area contributed by atoms with Crippen molar-refractivity contribution < 1.29 is 13.2 Å². The van der Waals surface area contributed by atoms with E-state index >= 15 is 0 Å². The van der Waals surface area contributed by atoms with E-state index in [2.05, 4.69) is 30.8 Å². The van der Waals surface area contributed by atoms with E-state index in [0.29, 0.717) is 36.0 Å². The average Bonchev–Trinajstić information content (AvgIpc) is 2.57. The number of piperidine rings is 1. The van der Waals surface area contributed by atoms with Crippen molar-refractivity contribution in [3.05, 3.63) is 16.9 Å². The number of hydrogen-bond donors (Lipinski definition) is 0. The molecule has 8 heteroatoms. The fraction of sp³-hybridized carbons (Fsp3) is 0.750.